The van der Waals surface area contributed by atoms with Crippen molar-refractivity contribution in [2.75, 3.05) is 26.1 Å². The van der Waals surface area contributed by atoms with E-state index in [1.165, 1.54) is 0 Å². The van der Waals surface area contributed by atoms with Gasteiger partial charge in [0, 0.05) is 22.8 Å². The van der Waals surface area contributed by atoms with Crippen LogP contribution in [0.1, 0.15) is 12.5 Å². The molecule has 0 bridgehead atoms. The number of hydrogen-bond donors (Lipinski definition) is 2. The van der Waals surface area contributed by atoms with E-state index < -0.39 is 0 Å². The van der Waals surface area contributed by atoms with Gasteiger partial charge in [-0.25, -0.2) is 4.99 Å². The summed E-state index contributed by atoms with van der Waals surface area (Å²) >= 11 is 3.48. The molecule has 0 spiro atoms. The van der Waals surface area contributed by atoms with Gasteiger partial charge in [-0.2, -0.15) is 0 Å². The first-order chi connectivity index (χ1) is 11.7. The molecule has 0 unspecified atom stereocenters. The van der Waals surface area contributed by atoms with Crippen LogP contribution in [-0.4, -0.2) is 26.7 Å². The molecular weight excluding hydrogens is 497 g/mol. The first-order valence-corrected chi connectivity index (χ1v) is 8.47. The third kappa shape index (κ3) is 6.74. The van der Waals surface area contributed by atoms with Crippen molar-refractivity contribution < 1.29 is 9.47 Å². The quantitative estimate of drug-likeness (QED) is 0.331. The number of nitrogens with zero attached hydrogens (tertiary/aromatic N) is 1. The van der Waals surface area contributed by atoms with Gasteiger partial charge in [-0.05, 0) is 36.8 Å². The van der Waals surface area contributed by atoms with Crippen LogP contribution in [0.2, 0.25) is 0 Å². The van der Waals surface area contributed by atoms with E-state index in [2.05, 4.69) is 37.6 Å². The molecule has 7 heteroatoms. The van der Waals surface area contributed by atoms with E-state index >= 15 is 0 Å². The van der Waals surface area contributed by atoms with Crippen molar-refractivity contribution in [1.29, 1.82) is 0 Å². The summed E-state index contributed by atoms with van der Waals surface area (Å²) in [5.74, 6) is 2.08. The second-order valence-corrected chi connectivity index (χ2v) is 5.94. The number of rotatable bonds is 6. The van der Waals surface area contributed by atoms with E-state index in [9.17, 15) is 0 Å². The van der Waals surface area contributed by atoms with E-state index in [1.807, 2.05) is 43.3 Å². The molecule has 0 fully saturated rings. The van der Waals surface area contributed by atoms with Gasteiger partial charge in [0.1, 0.15) is 0 Å². The SMILES string of the molecule is CCNC(=NCc1cccc(Br)c1)Nc1ccc(OC)c(OC)c1.I. The highest BCUT2D eigenvalue weighted by Crippen LogP contribution is 2.29. The highest BCUT2D eigenvalue weighted by Gasteiger charge is 2.06. The number of guanidine groups is 1. The predicted molar refractivity (Wildman–Crippen MR) is 118 cm³/mol. The summed E-state index contributed by atoms with van der Waals surface area (Å²) in [7, 11) is 3.24. The molecule has 0 saturated heterocycles. The maximum atomic E-state index is 5.33. The molecule has 0 aliphatic carbocycles. The van der Waals surface area contributed by atoms with E-state index in [1.54, 1.807) is 14.2 Å². The van der Waals surface area contributed by atoms with Crippen LogP contribution in [0, 0.1) is 0 Å². The summed E-state index contributed by atoms with van der Waals surface area (Å²) in [5.41, 5.74) is 2.01. The molecule has 0 atom stereocenters. The molecule has 5 nitrogen and oxygen atoms in total. The van der Waals surface area contributed by atoms with Crippen LogP contribution in [0.15, 0.2) is 51.9 Å². The first-order valence-electron chi connectivity index (χ1n) is 7.68. The lowest BCUT2D eigenvalue weighted by molar-refractivity contribution is 0.355. The minimum Gasteiger partial charge on any atom is -0.493 e. The lowest BCUT2D eigenvalue weighted by Crippen LogP contribution is -2.30. The molecule has 2 aromatic rings. The number of methoxy groups -OCH3 is 2. The highest BCUT2D eigenvalue weighted by molar-refractivity contribution is 14.0. The summed E-state index contributed by atoms with van der Waals surface area (Å²) in [6.07, 6.45) is 0. The van der Waals surface area contributed by atoms with Gasteiger partial charge in [0.25, 0.3) is 0 Å². The van der Waals surface area contributed by atoms with Crippen molar-refractivity contribution in [3.63, 3.8) is 0 Å². The maximum absolute atomic E-state index is 5.33. The second kappa shape index (κ2) is 11.2. The highest BCUT2D eigenvalue weighted by atomic mass is 127. The molecule has 2 N–H and O–H groups in total. The van der Waals surface area contributed by atoms with E-state index in [4.69, 9.17) is 9.47 Å². The Bertz CT molecular complexity index is 710. The molecule has 0 aromatic heterocycles. The van der Waals surface area contributed by atoms with Crippen molar-refractivity contribution in [3.8, 4) is 11.5 Å². The van der Waals surface area contributed by atoms with Crippen LogP contribution in [-0.2, 0) is 6.54 Å². The number of nitrogens with one attached hydrogen (secondary N) is 2. The van der Waals surface area contributed by atoms with E-state index in [0.29, 0.717) is 24.0 Å². The van der Waals surface area contributed by atoms with Gasteiger partial charge in [-0.15, -0.1) is 24.0 Å². The Balaban J connectivity index is 0.00000312. The third-order valence-electron chi connectivity index (χ3n) is 3.30. The Morgan fingerprint density at radius 2 is 1.84 bits per heavy atom. The predicted octanol–water partition coefficient (Wildman–Crippen LogP) is 4.66. The molecule has 0 aliphatic rings. The van der Waals surface area contributed by atoms with Gasteiger partial charge < -0.3 is 20.1 Å². The number of halogens is 2. The number of ether oxygens (including phenoxy) is 2. The van der Waals surface area contributed by atoms with Crippen LogP contribution in [0.25, 0.3) is 0 Å². The molecule has 0 heterocycles. The van der Waals surface area contributed by atoms with Crippen molar-refractivity contribution in [2.45, 2.75) is 13.5 Å². The Morgan fingerprint density at radius 3 is 2.48 bits per heavy atom. The normalized spacial score (nSPS) is 10.6. The zero-order chi connectivity index (χ0) is 17.4. The summed E-state index contributed by atoms with van der Waals surface area (Å²) in [6, 6.07) is 13.8. The topological polar surface area (TPSA) is 54.9 Å². The van der Waals surface area contributed by atoms with Crippen molar-refractivity contribution in [1.82, 2.24) is 5.32 Å². The average Bonchev–Trinajstić information content (AvgIpc) is 2.60. The Morgan fingerprint density at radius 1 is 1.08 bits per heavy atom. The first kappa shape index (κ1) is 21.6. The lowest BCUT2D eigenvalue weighted by atomic mass is 10.2. The summed E-state index contributed by atoms with van der Waals surface area (Å²) in [4.78, 5) is 4.62. The van der Waals surface area contributed by atoms with Gasteiger partial charge >= 0.3 is 0 Å². The molecular formula is C18H23BrIN3O2. The van der Waals surface area contributed by atoms with Crippen LogP contribution >= 0.6 is 39.9 Å². The molecule has 0 saturated carbocycles. The van der Waals surface area contributed by atoms with Gasteiger partial charge in [0.2, 0.25) is 0 Å². The van der Waals surface area contributed by atoms with Crippen molar-refractivity contribution in [3.05, 3.63) is 52.5 Å². The Labute approximate surface area is 174 Å². The van der Waals surface area contributed by atoms with Crippen LogP contribution in [0.3, 0.4) is 0 Å². The zero-order valence-electron chi connectivity index (χ0n) is 14.5. The number of aliphatic imine (C=N–C) groups is 1. The molecule has 0 aliphatic heterocycles. The van der Waals surface area contributed by atoms with Gasteiger partial charge in [-0.3, -0.25) is 0 Å². The molecule has 2 rings (SSSR count). The molecule has 0 radical (unpaired) electrons. The van der Waals surface area contributed by atoms with Crippen molar-refractivity contribution >= 4 is 51.6 Å². The van der Waals surface area contributed by atoms with Crippen LogP contribution in [0.5, 0.6) is 11.5 Å². The fraction of sp³-hybridized carbons (Fsp3) is 0.278. The maximum Gasteiger partial charge on any atom is 0.196 e. The standard InChI is InChI=1S/C18H22BrN3O2.HI/c1-4-20-18(21-12-13-6-5-7-14(19)10-13)22-15-8-9-16(23-2)17(11-15)24-3;/h5-11H,4,12H2,1-3H3,(H2,20,21,22);1H. The van der Waals surface area contributed by atoms with E-state index in [-0.39, 0.29) is 24.0 Å². The lowest BCUT2D eigenvalue weighted by Gasteiger charge is -2.14. The Kier molecular flexibility index (Phi) is 9.66. The summed E-state index contributed by atoms with van der Waals surface area (Å²) in [5, 5.41) is 6.52. The smallest absolute Gasteiger partial charge is 0.196 e. The molecule has 25 heavy (non-hydrogen) atoms. The largest absolute Gasteiger partial charge is 0.493 e. The van der Waals surface area contributed by atoms with Crippen LogP contribution in [0.4, 0.5) is 5.69 Å². The zero-order valence-corrected chi connectivity index (χ0v) is 18.4. The summed E-state index contributed by atoms with van der Waals surface area (Å²) < 4.78 is 11.6. The number of anilines is 1. The fourth-order valence-electron chi connectivity index (χ4n) is 2.16. The minimum absolute atomic E-state index is 0. The van der Waals surface area contributed by atoms with Crippen LogP contribution < -0.4 is 20.1 Å². The molecule has 136 valence electrons. The number of benzene rings is 2. The van der Waals surface area contributed by atoms with E-state index in [0.717, 1.165) is 22.3 Å². The molecule has 0 amide bonds. The molecule has 2 aromatic carbocycles. The fourth-order valence-corrected chi connectivity index (χ4v) is 2.61. The minimum atomic E-state index is 0. The Hall–Kier alpha value is -1.48. The third-order valence-corrected chi connectivity index (χ3v) is 3.79. The van der Waals surface area contributed by atoms with Crippen molar-refractivity contribution in [2.24, 2.45) is 4.99 Å². The summed E-state index contributed by atoms with van der Waals surface area (Å²) in [6.45, 7) is 3.39. The second-order valence-electron chi connectivity index (χ2n) is 5.02. The van der Waals surface area contributed by atoms with Gasteiger partial charge in [-0.1, -0.05) is 28.1 Å². The monoisotopic (exact) mass is 519 g/mol. The average molecular weight is 520 g/mol. The number of hydrogen-bond acceptors (Lipinski definition) is 3. The van der Waals surface area contributed by atoms with Gasteiger partial charge in [0.15, 0.2) is 17.5 Å². The van der Waals surface area contributed by atoms with Gasteiger partial charge in [0.05, 0.1) is 20.8 Å².